The number of amides is 1. The summed E-state index contributed by atoms with van der Waals surface area (Å²) in [5.41, 5.74) is 1.89. The lowest BCUT2D eigenvalue weighted by Crippen LogP contribution is -2.38. The summed E-state index contributed by atoms with van der Waals surface area (Å²) in [6.45, 7) is 4.04. The number of oxazole rings is 1. The number of unbranched alkanes of at least 4 members (excludes halogenated alkanes) is 2. The molecule has 0 atom stereocenters. The molecule has 198 valence electrons. The summed E-state index contributed by atoms with van der Waals surface area (Å²) < 4.78 is 16.9. The number of aryl methyl sites for hydroxylation is 2. The number of anilines is 1. The van der Waals surface area contributed by atoms with Crippen LogP contribution in [0.2, 0.25) is 0 Å². The summed E-state index contributed by atoms with van der Waals surface area (Å²) in [4.78, 5) is 24.6. The highest BCUT2D eigenvalue weighted by Gasteiger charge is 2.27. The molecular weight excluding hydrogens is 468 g/mol. The van der Waals surface area contributed by atoms with Gasteiger partial charge in [-0.05, 0) is 57.6 Å². The summed E-state index contributed by atoms with van der Waals surface area (Å²) in [7, 11) is 0. The molecule has 0 spiro atoms. The van der Waals surface area contributed by atoms with Crippen LogP contribution in [0.15, 0.2) is 39.4 Å². The van der Waals surface area contributed by atoms with Gasteiger partial charge >= 0.3 is 0 Å². The van der Waals surface area contributed by atoms with E-state index in [4.69, 9.17) is 13.7 Å². The second kappa shape index (κ2) is 12.5. The first kappa shape index (κ1) is 25.6. The number of benzene rings is 1. The third-order valence-corrected chi connectivity index (χ3v) is 7.60. The zero-order valence-corrected chi connectivity index (χ0v) is 21.9. The molecule has 8 nitrogen and oxygen atoms in total. The van der Waals surface area contributed by atoms with Crippen LogP contribution in [-0.4, -0.2) is 40.8 Å². The fourth-order valence-corrected chi connectivity index (χ4v) is 5.48. The van der Waals surface area contributed by atoms with E-state index in [0.717, 1.165) is 100 Å². The average molecular weight is 507 g/mol. The molecule has 1 saturated carbocycles. The van der Waals surface area contributed by atoms with Crippen molar-refractivity contribution in [2.45, 2.75) is 83.5 Å². The highest BCUT2D eigenvalue weighted by atomic mass is 16.5. The quantitative estimate of drug-likeness (QED) is 0.300. The van der Waals surface area contributed by atoms with Crippen molar-refractivity contribution in [1.29, 1.82) is 0 Å². The van der Waals surface area contributed by atoms with Gasteiger partial charge in [0.2, 0.25) is 11.8 Å². The number of aromatic nitrogens is 3. The van der Waals surface area contributed by atoms with Gasteiger partial charge in [-0.3, -0.25) is 4.79 Å². The van der Waals surface area contributed by atoms with Crippen LogP contribution in [0.1, 0.15) is 87.7 Å². The van der Waals surface area contributed by atoms with E-state index in [2.05, 4.69) is 21.2 Å². The molecule has 2 aliphatic rings. The first-order chi connectivity index (χ1) is 18.2. The molecule has 1 aromatic carbocycles. The number of ether oxygens (including phenoxy) is 1. The highest BCUT2D eigenvalue weighted by molar-refractivity contribution is 5.95. The van der Waals surface area contributed by atoms with Gasteiger partial charge in [0.15, 0.2) is 17.5 Å². The van der Waals surface area contributed by atoms with Crippen molar-refractivity contribution in [2.24, 2.45) is 5.92 Å². The number of carbonyl (C=O) groups excluding carboxylic acids is 1. The van der Waals surface area contributed by atoms with E-state index >= 15 is 0 Å². The molecule has 1 amide bonds. The first-order valence-electron chi connectivity index (χ1n) is 13.9. The Morgan fingerprint density at radius 1 is 1.05 bits per heavy atom. The molecule has 2 aromatic heterocycles. The van der Waals surface area contributed by atoms with Crippen molar-refractivity contribution in [2.75, 3.05) is 24.7 Å². The third kappa shape index (κ3) is 6.66. The predicted octanol–water partition coefficient (Wildman–Crippen LogP) is 6.25. The maximum Gasteiger partial charge on any atom is 0.230 e. The molecule has 0 unspecified atom stereocenters. The fourth-order valence-electron chi connectivity index (χ4n) is 5.48. The zero-order chi connectivity index (χ0) is 25.5. The summed E-state index contributed by atoms with van der Waals surface area (Å²) in [5, 5.41) is 3.86. The van der Waals surface area contributed by atoms with Gasteiger partial charge in [0.05, 0.1) is 6.20 Å². The molecule has 0 bridgehead atoms. The Balaban J connectivity index is 1.27. The number of nitrogens with zero attached hydrogens (tertiary/aromatic N) is 4. The molecule has 8 heteroatoms. The van der Waals surface area contributed by atoms with Crippen molar-refractivity contribution in [3.8, 4) is 11.3 Å². The molecule has 37 heavy (non-hydrogen) atoms. The van der Waals surface area contributed by atoms with E-state index in [9.17, 15) is 4.79 Å². The Labute approximate surface area is 218 Å². The standard InChI is InChI=1S/C29H38N4O4/c1-21-31-27(37-32-21)13-6-3-7-16-33(29(34)23-9-4-2-5-10-23)25-12-8-11-24(19-25)26-20-30-28(36-26)22-14-17-35-18-15-22/h8,11-12,19-20,22-23H,2-7,9-10,13-18H2,1H3. The molecule has 1 saturated heterocycles. The summed E-state index contributed by atoms with van der Waals surface area (Å²) in [6.07, 6.45) is 12.8. The predicted molar refractivity (Wildman–Crippen MR) is 140 cm³/mol. The molecular formula is C29H38N4O4. The summed E-state index contributed by atoms with van der Waals surface area (Å²) in [5.74, 6) is 3.58. The molecule has 1 aliphatic carbocycles. The smallest absolute Gasteiger partial charge is 0.230 e. The van der Waals surface area contributed by atoms with Crippen molar-refractivity contribution in [3.63, 3.8) is 0 Å². The van der Waals surface area contributed by atoms with E-state index in [1.165, 1.54) is 6.42 Å². The number of hydrogen-bond acceptors (Lipinski definition) is 7. The van der Waals surface area contributed by atoms with Crippen LogP contribution < -0.4 is 4.90 Å². The van der Waals surface area contributed by atoms with Crippen LogP contribution in [-0.2, 0) is 16.0 Å². The molecule has 3 heterocycles. The summed E-state index contributed by atoms with van der Waals surface area (Å²) >= 11 is 0. The molecule has 3 aromatic rings. The minimum Gasteiger partial charge on any atom is -0.440 e. The SMILES string of the molecule is Cc1noc(CCCCCN(C(=O)C2CCCCC2)c2cccc(-c3cnc(C4CCOCC4)o3)c2)n1. The molecule has 0 N–H and O–H groups in total. The summed E-state index contributed by atoms with van der Waals surface area (Å²) in [6, 6.07) is 8.17. The van der Waals surface area contributed by atoms with Gasteiger partial charge in [-0.25, -0.2) is 4.98 Å². The average Bonchev–Trinajstić information content (AvgIpc) is 3.61. The lowest BCUT2D eigenvalue weighted by atomic mass is 9.88. The minimum atomic E-state index is 0.115. The molecule has 5 rings (SSSR count). The van der Waals surface area contributed by atoms with Gasteiger partial charge in [-0.15, -0.1) is 0 Å². The van der Waals surface area contributed by atoms with Gasteiger partial charge in [0.25, 0.3) is 0 Å². The van der Waals surface area contributed by atoms with E-state index in [1.807, 2.05) is 36.2 Å². The van der Waals surface area contributed by atoms with Crippen LogP contribution in [0, 0.1) is 12.8 Å². The molecule has 2 fully saturated rings. The largest absolute Gasteiger partial charge is 0.440 e. The van der Waals surface area contributed by atoms with E-state index < -0.39 is 0 Å². The van der Waals surface area contributed by atoms with Crippen molar-refractivity contribution >= 4 is 11.6 Å². The molecule has 1 aliphatic heterocycles. The van der Waals surface area contributed by atoms with Crippen LogP contribution in [0.5, 0.6) is 0 Å². The van der Waals surface area contributed by atoms with E-state index in [1.54, 1.807) is 0 Å². The maximum absolute atomic E-state index is 13.7. The Bertz CT molecular complexity index is 1140. The van der Waals surface area contributed by atoms with E-state index in [0.29, 0.717) is 24.2 Å². The number of carbonyl (C=O) groups is 1. The van der Waals surface area contributed by atoms with E-state index in [-0.39, 0.29) is 11.8 Å². The van der Waals surface area contributed by atoms with Crippen LogP contribution in [0.4, 0.5) is 5.69 Å². The number of rotatable bonds is 10. The van der Waals surface area contributed by atoms with Gasteiger partial charge in [-0.2, -0.15) is 4.98 Å². The van der Waals surface area contributed by atoms with Crippen molar-refractivity contribution in [1.82, 2.24) is 15.1 Å². The van der Waals surface area contributed by atoms with Gasteiger partial charge in [0.1, 0.15) is 0 Å². The molecule has 0 radical (unpaired) electrons. The van der Waals surface area contributed by atoms with Crippen LogP contribution >= 0.6 is 0 Å². The van der Waals surface area contributed by atoms with Gasteiger partial charge in [0, 0.05) is 49.3 Å². The maximum atomic E-state index is 13.7. The minimum absolute atomic E-state index is 0.115. The fraction of sp³-hybridized carbons (Fsp3) is 0.586. The Hall–Kier alpha value is -3.00. The Morgan fingerprint density at radius 3 is 2.68 bits per heavy atom. The second-order valence-corrected chi connectivity index (χ2v) is 10.4. The zero-order valence-electron chi connectivity index (χ0n) is 21.9. The first-order valence-corrected chi connectivity index (χ1v) is 13.9. The van der Waals surface area contributed by atoms with Crippen LogP contribution in [0.3, 0.4) is 0 Å². The van der Waals surface area contributed by atoms with Gasteiger partial charge in [-0.1, -0.05) is 43.0 Å². The Kier molecular flexibility index (Phi) is 8.66. The lowest BCUT2D eigenvalue weighted by molar-refractivity contribution is -0.123. The second-order valence-electron chi connectivity index (χ2n) is 10.4. The normalized spacial score (nSPS) is 17.2. The topological polar surface area (TPSA) is 94.5 Å². The Morgan fingerprint density at radius 2 is 1.89 bits per heavy atom. The highest BCUT2D eigenvalue weighted by Crippen LogP contribution is 2.33. The monoisotopic (exact) mass is 506 g/mol. The van der Waals surface area contributed by atoms with Crippen LogP contribution in [0.25, 0.3) is 11.3 Å². The number of hydrogen-bond donors (Lipinski definition) is 0. The third-order valence-electron chi connectivity index (χ3n) is 7.60. The van der Waals surface area contributed by atoms with Crippen molar-refractivity contribution in [3.05, 3.63) is 48.1 Å². The van der Waals surface area contributed by atoms with Gasteiger partial charge < -0.3 is 18.6 Å². The lowest BCUT2D eigenvalue weighted by Gasteiger charge is -2.30. The van der Waals surface area contributed by atoms with Crippen molar-refractivity contribution < 1.29 is 18.5 Å².